The minimum atomic E-state index is -0.525. The van der Waals surface area contributed by atoms with Crippen LogP contribution in [-0.2, 0) is 22.4 Å². The Morgan fingerprint density at radius 1 is 1.03 bits per heavy atom. The highest BCUT2D eigenvalue weighted by atomic mass is 16.5. The van der Waals surface area contributed by atoms with Gasteiger partial charge in [-0.05, 0) is 61.4 Å². The molecule has 0 aliphatic carbocycles. The highest BCUT2D eigenvalue weighted by Crippen LogP contribution is 2.29. The van der Waals surface area contributed by atoms with E-state index in [9.17, 15) is 9.59 Å². The predicted molar refractivity (Wildman–Crippen MR) is 129 cm³/mol. The standard InChI is InChI=1S/C27H33N3O3/c1-3-19-9-11-22(12-10-19)25-24(26(31)33-2)23(28-27(32)29-25)18-30-15-13-21(14-16-30)17-20-7-5-4-6-8-20/h4-12,21,25H,3,13-18H2,1-2H3,(H2,28,29,32). The molecule has 0 radical (unpaired) electrons. The Bertz CT molecular complexity index is 993. The van der Waals surface area contributed by atoms with Gasteiger partial charge in [0, 0.05) is 12.2 Å². The van der Waals surface area contributed by atoms with Crippen molar-refractivity contribution in [2.75, 3.05) is 26.7 Å². The van der Waals surface area contributed by atoms with Crippen molar-refractivity contribution in [1.29, 1.82) is 0 Å². The molecule has 174 valence electrons. The van der Waals surface area contributed by atoms with Crippen molar-refractivity contribution >= 4 is 12.0 Å². The third-order valence-corrected chi connectivity index (χ3v) is 6.74. The number of nitrogens with one attached hydrogen (secondary N) is 2. The number of amides is 2. The van der Waals surface area contributed by atoms with E-state index in [4.69, 9.17) is 4.74 Å². The van der Waals surface area contributed by atoms with Gasteiger partial charge in [-0.15, -0.1) is 0 Å². The topological polar surface area (TPSA) is 70.7 Å². The first-order chi connectivity index (χ1) is 16.1. The molecule has 1 unspecified atom stereocenters. The first kappa shape index (κ1) is 23.1. The van der Waals surface area contributed by atoms with E-state index in [1.165, 1.54) is 18.2 Å². The minimum Gasteiger partial charge on any atom is -0.466 e. The molecule has 1 saturated heterocycles. The summed E-state index contributed by atoms with van der Waals surface area (Å²) in [7, 11) is 1.38. The van der Waals surface area contributed by atoms with E-state index in [2.05, 4.69) is 52.8 Å². The quantitative estimate of drug-likeness (QED) is 0.630. The largest absolute Gasteiger partial charge is 0.466 e. The highest BCUT2D eigenvalue weighted by Gasteiger charge is 2.34. The number of rotatable bonds is 7. The van der Waals surface area contributed by atoms with Crippen LogP contribution in [0.5, 0.6) is 0 Å². The molecule has 33 heavy (non-hydrogen) atoms. The second-order valence-corrected chi connectivity index (χ2v) is 8.92. The second-order valence-electron chi connectivity index (χ2n) is 8.92. The molecule has 0 saturated carbocycles. The summed E-state index contributed by atoms with van der Waals surface area (Å²) in [5, 5.41) is 5.80. The predicted octanol–water partition coefficient (Wildman–Crippen LogP) is 3.98. The van der Waals surface area contributed by atoms with Gasteiger partial charge in [-0.3, -0.25) is 4.90 Å². The Hall–Kier alpha value is -3.12. The SMILES string of the molecule is CCc1ccc(C2NC(=O)NC(CN3CCC(Cc4ccccc4)CC3)=C2C(=O)OC)cc1. The number of nitrogens with zero attached hydrogens (tertiary/aromatic N) is 1. The van der Waals surface area contributed by atoms with Gasteiger partial charge in [-0.25, -0.2) is 9.59 Å². The Balaban J connectivity index is 1.49. The van der Waals surface area contributed by atoms with Crippen molar-refractivity contribution in [3.63, 3.8) is 0 Å². The van der Waals surface area contributed by atoms with Crippen molar-refractivity contribution < 1.29 is 14.3 Å². The van der Waals surface area contributed by atoms with E-state index >= 15 is 0 Å². The molecule has 2 aromatic carbocycles. The number of carbonyl (C=O) groups is 2. The molecule has 0 spiro atoms. The number of methoxy groups -OCH3 is 1. The molecular formula is C27H33N3O3. The molecule has 0 aromatic heterocycles. The molecule has 6 heteroatoms. The van der Waals surface area contributed by atoms with E-state index in [0.717, 1.165) is 44.3 Å². The van der Waals surface area contributed by atoms with E-state index in [-0.39, 0.29) is 6.03 Å². The number of benzene rings is 2. The van der Waals surface area contributed by atoms with E-state index < -0.39 is 12.0 Å². The lowest BCUT2D eigenvalue weighted by Crippen LogP contribution is -2.49. The van der Waals surface area contributed by atoms with E-state index in [1.54, 1.807) is 0 Å². The Morgan fingerprint density at radius 3 is 2.36 bits per heavy atom. The van der Waals surface area contributed by atoms with Gasteiger partial charge in [-0.1, -0.05) is 61.5 Å². The first-order valence-electron chi connectivity index (χ1n) is 11.8. The molecular weight excluding hydrogens is 414 g/mol. The van der Waals surface area contributed by atoms with Crippen molar-refractivity contribution in [2.45, 2.75) is 38.6 Å². The fourth-order valence-corrected chi connectivity index (χ4v) is 4.81. The zero-order valence-electron chi connectivity index (χ0n) is 19.5. The average Bonchev–Trinajstić information content (AvgIpc) is 2.85. The second kappa shape index (κ2) is 10.7. The summed E-state index contributed by atoms with van der Waals surface area (Å²) in [4.78, 5) is 27.6. The summed E-state index contributed by atoms with van der Waals surface area (Å²) in [6.07, 6.45) is 4.24. The number of ether oxygens (including phenoxy) is 1. The molecule has 6 nitrogen and oxygen atoms in total. The number of piperidine rings is 1. The van der Waals surface area contributed by atoms with Gasteiger partial charge >= 0.3 is 12.0 Å². The highest BCUT2D eigenvalue weighted by molar-refractivity contribution is 5.95. The number of hydrogen-bond donors (Lipinski definition) is 2. The summed E-state index contributed by atoms with van der Waals surface area (Å²) in [6.45, 7) is 4.50. The van der Waals surface area contributed by atoms with E-state index in [1.807, 2.05) is 24.3 Å². The molecule has 2 amide bonds. The van der Waals surface area contributed by atoms with Crippen LogP contribution in [0.4, 0.5) is 4.79 Å². The molecule has 2 aromatic rings. The maximum absolute atomic E-state index is 12.8. The van der Waals surface area contributed by atoms with Gasteiger partial charge < -0.3 is 15.4 Å². The third-order valence-electron chi connectivity index (χ3n) is 6.74. The summed E-state index contributed by atoms with van der Waals surface area (Å²) in [6, 6.07) is 17.8. The van der Waals surface area contributed by atoms with Gasteiger partial charge in [-0.2, -0.15) is 0 Å². The Morgan fingerprint density at radius 2 is 1.73 bits per heavy atom. The number of esters is 1. The molecule has 1 atom stereocenters. The molecule has 1 fully saturated rings. The van der Waals surface area contributed by atoms with Crippen LogP contribution in [0.1, 0.15) is 42.5 Å². The molecule has 2 aliphatic rings. The number of hydrogen-bond acceptors (Lipinski definition) is 4. The van der Waals surface area contributed by atoms with Crippen LogP contribution in [0.3, 0.4) is 0 Å². The lowest BCUT2D eigenvalue weighted by Gasteiger charge is -2.35. The lowest BCUT2D eigenvalue weighted by atomic mass is 9.89. The number of likely N-dealkylation sites (tertiary alicyclic amines) is 1. The third kappa shape index (κ3) is 5.63. The minimum absolute atomic E-state index is 0.291. The normalized spacial score (nSPS) is 19.7. The number of urea groups is 1. The molecule has 2 N–H and O–H groups in total. The molecule has 2 aliphatic heterocycles. The Labute approximate surface area is 196 Å². The fraction of sp³-hybridized carbons (Fsp3) is 0.407. The summed E-state index contributed by atoms with van der Waals surface area (Å²) in [5.74, 6) is 0.242. The van der Waals surface area contributed by atoms with Crippen molar-refractivity contribution in [3.05, 3.63) is 82.6 Å². The van der Waals surface area contributed by atoms with Gasteiger partial charge in [0.2, 0.25) is 0 Å². The monoisotopic (exact) mass is 447 g/mol. The van der Waals surface area contributed by atoms with Crippen LogP contribution in [0.2, 0.25) is 0 Å². The smallest absolute Gasteiger partial charge is 0.338 e. The maximum Gasteiger partial charge on any atom is 0.338 e. The summed E-state index contributed by atoms with van der Waals surface area (Å²) in [5.41, 5.74) is 4.58. The van der Waals surface area contributed by atoms with Crippen LogP contribution >= 0.6 is 0 Å². The maximum atomic E-state index is 12.8. The van der Waals surface area contributed by atoms with Crippen LogP contribution in [-0.4, -0.2) is 43.6 Å². The van der Waals surface area contributed by atoms with Crippen LogP contribution in [0.25, 0.3) is 0 Å². The molecule has 2 heterocycles. The van der Waals surface area contributed by atoms with E-state index in [0.29, 0.717) is 23.7 Å². The van der Waals surface area contributed by atoms with Crippen molar-refractivity contribution in [3.8, 4) is 0 Å². The zero-order valence-corrected chi connectivity index (χ0v) is 19.5. The molecule has 4 rings (SSSR count). The van der Waals surface area contributed by atoms with Crippen LogP contribution in [0.15, 0.2) is 65.9 Å². The summed E-state index contributed by atoms with van der Waals surface area (Å²) < 4.78 is 5.12. The van der Waals surface area contributed by atoms with Gasteiger partial charge in [0.1, 0.15) is 0 Å². The van der Waals surface area contributed by atoms with Gasteiger partial charge in [0.05, 0.1) is 18.7 Å². The fourth-order valence-electron chi connectivity index (χ4n) is 4.81. The first-order valence-corrected chi connectivity index (χ1v) is 11.8. The average molecular weight is 448 g/mol. The van der Waals surface area contributed by atoms with Crippen molar-refractivity contribution in [2.24, 2.45) is 5.92 Å². The van der Waals surface area contributed by atoms with Gasteiger partial charge in [0.25, 0.3) is 0 Å². The number of carbonyl (C=O) groups excluding carboxylic acids is 2. The lowest BCUT2D eigenvalue weighted by molar-refractivity contribution is -0.136. The van der Waals surface area contributed by atoms with Crippen molar-refractivity contribution in [1.82, 2.24) is 15.5 Å². The summed E-state index contributed by atoms with van der Waals surface area (Å²) >= 11 is 0. The number of aryl methyl sites for hydroxylation is 1. The van der Waals surface area contributed by atoms with Gasteiger partial charge in [0.15, 0.2) is 0 Å². The van der Waals surface area contributed by atoms with Crippen LogP contribution in [0, 0.1) is 5.92 Å². The Kier molecular flexibility index (Phi) is 7.45. The zero-order chi connectivity index (χ0) is 23.2. The van der Waals surface area contributed by atoms with Crippen LogP contribution < -0.4 is 10.6 Å². The molecule has 0 bridgehead atoms.